The van der Waals surface area contributed by atoms with Crippen molar-refractivity contribution in [3.63, 3.8) is 0 Å². The molecule has 2 heteroatoms. The Hall–Kier alpha value is -0.0800. The van der Waals surface area contributed by atoms with E-state index in [-0.39, 0.29) is 0 Å². The van der Waals surface area contributed by atoms with E-state index in [0.717, 1.165) is 19.3 Å². The predicted molar refractivity (Wildman–Crippen MR) is 74.5 cm³/mol. The molecule has 0 radical (unpaired) electrons. The average Bonchev–Trinajstić information content (AvgIpc) is 2.85. The minimum Gasteiger partial charge on any atom is -0.381 e. The highest BCUT2D eigenvalue weighted by molar-refractivity contribution is 4.73. The van der Waals surface area contributed by atoms with Crippen LogP contribution in [0.3, 0.4) is 0 Å². The molecule has 1 atom stereocenters. The molecule has 0 amide bonds. The van der Waals surface area contributed by atoms with Crippen LogP contribution >= 0.6 is 0 Å². The molecule has 1 fully saturated rings. The third-order valence-electron chi connectivity index (χ3n) is 3.65. The van der Waals surface area contributed by atoms with Crippen molar-refractivity contribution in [3.05, 3.63) is 0 Å². The number of ether oxygens (including phenoxy) is 1. The van der Waals surface area contributed by atoms with Gasteiger partial charge in [-0.2, -0.15) is 0 Å². The molecule has 1 saturated heterocycles. The summed E-state index contributed by atoms with van der Waals surface area (Å²) in [7, 11) is 0. The summed E-state index contributed by atoms with van der Waals surface area (Å²) in [6.07, 6.45) is 13.4. The lowest BCUT2D eigenvalue weighted by Crippen LogP contribution is -2.21. The zero-order valence-electron chi connectivity index (χ0n) is 11.7. The van der Waals surface area contributed by atoms with Gasteiger partial charge < -0.3 is 10.1 Å². The Bertz CT molecular complexity index is 155. The summed E-state index contributed by atoms with van der Waals surface area (Å²) in [6, 6.07) is 0.785. The second-order valence-corrected chi connectivity index (χ2v) is 5.32. The van der Waals surface area contributed by atoms with Crippen molar-refractivity contribution in [2.75, 3.05) is 19.8 Å². The minimum atomic E-state index is 0.785. The van der Waals surface area contributed by atoms with Gasteiger partial charge in [0.1, 0.15) is 0 Å². The minimum absolute atomic E-state index is 0.785. The molecule has 1 unspecified atom stereocenters. The largest absolute Gasteiger partial charge is 0.381 e. The maximum Gasteiger partial charge on any atom is 0.0466 e. The predicted octanol–water partition coefficient (Wildman–Crippen LogP) is 3.90. The summed E-state index contributed by atoms with van der Waals surface area (Å²) in [5.74, 6) is 0. The van der Waals surface area contributed by atoms with Crippen LogP contribution in [0.5, 0.6) is 0 Å². The first-order valence-electron chi connectivity index (χ1n) is 7.74. The molecule has 17 heavy (non-hydrogen) atoms. The van der Waals surface area contributed by atoms with Gasteiger partial charge >= 0.3 is 0 Å². The molecule has 0 aliphatic carbocycles. The van der Waals surface area contributed by atoms with E-state index in [1.165, 1.54) is 70.8 Å². The number of unbranched alkanes of at least 4 members (excludes halogenated alkanes) is 5. The molecular weight excluding hydrogens is 210 g/mol. The third kappa shape index (κ3) is 8.62. The monoisotopic (exact) mass is 241 g/mol. The van der Waals surface area contributed by atoms with Gasteiger partial charge in [0.05, 0.1) is 0 Å². The molecule has 1 aliphatic rings. The first-order chi connectivity index (χ1) is 8.43. The van der Waals surface area contributed by atoms with Crippen molar-refractivity contribution in [2.45, 2.75) is 77.2 Å². The van der Waals surface area contributed by atoms with E-state index < -0.39 is 0 Å². The Morgan fingerprint density at radius 1 is 1.00 bits per heavy atom. The van der Waals surface area contributed by atoms with E-state index in [4.69, 9.17) is 4.74 Å². The van der Waals surface area contributed by atoms with Gasteiger partial charge in [-0.15, -0.1) is 0 Å². The first kappa shape index (κ1) is 15.0. The van der Waals surface area contributed by atoms with E-state index in [9.17, 15) is 0 Å². The van der Waals surface area contributed by atoms with E-state index >= 15 is 0 Å². The molecule has 1 N–H and O–H groups in total. The van der Waals surface area contributed by atoms with Gasteiger partial charge in [0.2, 0.25) is 0 Å². The zero-order chi connectivity index (χ0) is 12.2. The second kappa shape index (κ2) is 11.0. The Kier molecular flexibility index (Phi) is 9.72. The van der Waals surface area contributed by atoms with Crippen LogP contribution in [0.1, 0.15) is 71.1 Å². The SMILES string of the molecule is CCCCCCCCOCCCC1CCCN1. The van der Waals surface area contributed by atoms with Crippen LogP contribution in [-0.2, 0) is 4.74 Å². The van der Waals surface area contributed by atoms with E-state index in [2.05, 4.69) is 12.2 Å². The summed E-state index contributed by atoms with van der Waals surface area (Å²) >= 11 is 0. The number of hydrogen-bond donors (Lipinski definition) is 1. The average molecular weight is 241 g/mol. The molecule has 102 valence electrons. The Morgan fingerprint density at radius 3 is 2.53 bits per heavy atom. The Morgan fingerprint density at radius 2 is 1.76 bits per heavy atom. The van der Waals surface area contributed by atoms with Crippen molar-refractivity contribution in [2.24, 2.45) is 0 Å². The fraction of sp³-hybridized carbons (Fsp3) is 1.00. The number of nitrogens with one attached hydrogen (secondary N) is 1. The smallest absolute Gasteiger partial charge is 0.0466 e. The molecule has 2 nitrogen and oxygen atoms in total. The van der Waals surface area contributed by atoms with Crippen molar-refractivity contribution >= 4 is 0 Å². The molecular formula is C15H31NO. The molecule has 1 rings (SSSR count). The van der Waals surface area contributed by atoms with Crippen molar-refractivity contribution in [1.82, 2.24) is 5.32 Å². The van der Waals surface area contributed by atoms with Gasteiger partial charge in [0, 0.05) is 19.3 Å². The highest BCUT2D eigenvalue weighted by Crippen LogP contribution is 2.10. The molecule has 1 heterocycles. The van der Waals surface area contributed by atoms with Crippen molar-refractivity contribution in [3.8, 4) is 0 Å². The van der Waals surface area contributed by atoms with E-state index in [1.54, 1.807) is 0 Å². The highest BCUT2D eigenvalue weighted by Gasteiger charge is 2.12. The molecule has 0 aromatic carbocycles. The zero-order valence-corrected chi connectivity index (χ0v) is 11.7. The fourth-order valence-electron chi connectivity index (χ4n) is 2.52. The number of rotatable bonds is 11. The first-order valence-corrected chi connectivity index (χ1v) is 7.74. The molecule has 0 aromatic heterocycles. The summed E-state index contributed by atoms with van der Waals surface area (Å²) in [5, 5.41) is 3.53. The quantitative estimate of drug-likeness (QED) is 0.554. The van der Waals surface area contributed by atoms with E-state index in [1.807, 2.05) is 0 Å². The van der Waals surface area contributed by atoms with Gasteiger partial charge in [-0.05, 0) is 38.6 Å². The lowest BCUT2D eigenvalue weighted by atomic mass is 10.1. The van der Waals surface area contributed by atoms with Crippen LogP contribution in [0.4, 0.5) is 0 Å². The molecule has 0 bridgehead atoms. The van der Waals surface area contributed by atoms with Gasteiger partial charge in [-0.3, -0.25) is 0 Å². The summed E-state index contributed by atoms with van der Waals surface area (Å²) < 4.78 is 5.67. The third-order valence-corrected chi connectivity index (χ3v) is 3.65. The van der Waals surface area contributed by atoms with E-state index in [0.29, 0.717) is 0 Å². The second-order valence-electron chi connectivity index (χ2n) is 5.32. The molecule has 0 saturated carbocycles. The molecule has 0 spiro atoms. The van der Waals surface area contributed by atoms with Gasteiger partial charge in [0.25, 0.3) is 0 Å². The van der Waals surface area contributed by atoms with Crippen LogP contribution in [-0.4, -0.2) is 25.8 Å². The summed E-state index contributed by atoms with van der Waals surface area (Å²) in [6.45, 7) is 5.43. The van der Waals surface area contributed by atoms with Crippen LogP contribution in [0.15, 0.2) is 0 Å². The topological polar surface area (TPSA) is 21.3 Å². The van der Waals surface area contributed by atoms with Crippen LogP contribution in [0, 0.1) is 0 Å². The highest BCUT2D eigenvalue weighted by atomic mass is 16.5. The lowest BCUT2D eigenvalue weighted by Gasteiger charge is -2.09. The Labute approximate surface area is 108 Å². The summed E-state index contributed by atoms with van der Waals surface area (Å²) in [5.41, 5.74) is 0. The lowest BCUT2D eigenvalue weighted by molar-refractivity contribution is 0.124. The molecule has 0 aromatic rings. The van der Waals surface area contributed by atoms with Gasteiger partial charge in [0.15, 0.2) is 0 Å². The van der Waals surface area contributed by atoms with Gasteiger partial charge in [-0.25, -0.2) is 0 Å². The van der Waals surface area contributed by atoms with Crippen LogP contribution in [0.25, 0.3) is 0 Å². The van der Waals surface area contributed by atoms with Crippen molar-refractivity contribution in [1.29, 1.82) is 0 Å². The number of hydrogen-bond acceptors (Lipinski definition) is 2. The Balaban J connectivity index is 1.69. The molecule has 1 aliphatic heterocycles. The standard InChI is InChI=1S/C15H31NO/c1-2-3-4-5-6-7-13-17-14-9-11-15-10-8-12-16-15/h15-16H,2-14H2,1H3. The summed E-state index contributed by atoms with van der Waals surface area (Å²) in [4.78, 5) is 0. The normalized spacial score (nSPS) is 19.9. The maximum atomic E-state index is 5.67. The van der Waals surface area contributed by atoms with Crippen molar-refractivity contribution < 1.29 is 4.74 Å². The maximum absolute atomic E-state index is 5.67. The fourth-order valence-corrected chi connectivity index (χ4v) is 2.52. The van der Waals surface area contributed by atoms with Gasteiger partial charge in [-0.1, -0.05) is 39.0 Å². The van der Waals surface area contributed by atoms with Crippen LogP contribution in [0.2, 0.25) is 0 Å². The van der Waals surface area contributed by atoms with Crippen LogP contribution < -0.4 is 5.32 Å².